The molecule has 0 fully saturated rings. The molecule has 0 aliphatic heterocycles. The second-order valence-corrected chi connectivity index (χ2v) is 3.78. The van der Waals surface area contributed by atoms with Crippen LogP contribution in [0.4, 0.5) is 0 Å². The first kappa shape index (κ1) is 12.1. The Morgan fingerprint density at radius 2 is 1.50 bits per heavy atom. The van der Waals surface area contributed by atoms with Crippen LogP contribution in [0.25, 0.3) is 11.6 Å². The van der Waals surface area contributed by atoms with Crippen molar-refractivity contribution in [1.82, 2.24) is 5.48 Å². The largest absolute Gasteiger partial charge is 0.288 e. The molecule has 0 aliphatic rings. The van der Waals surface area contributed by atoms with E-state index in [1.807, 2.05) is 60.7 Å². The van der Waals surface area contributed by atoms with Crippen LogP contribution in [0.15, 0.2) is 60.7 Å². The lowest BCUT2D eigenvalue weighted by atomic mass is 10.0. The highest BCUT2D eigenvalue weighted by molar-refractivity contribution is 6.23. The van der Waals surface area contributed by atoms with Crippen LogP contribution >= 0.6 is 0 Å². The van der Waals surface area contributed by atoms with Crippen LogP contribution in [0.5, 0.6) is 0 Å². The van der Waals surface area contributed by atoms with Gasteiger partial charge in [0.15, 0.2) is 0 Å². The first-order chi connectivity index (χ1) is 8.81. The number of hydrogen-bond acceptors (Lipinski definition) is 2. The van der Waals surface area contributed by atoms with Gasteiger partial charge in [0, 0.05) is 5.57 Å². The first-order valence-corrected chi connectivity index (χ1v) is 5.58. The Hall–Kier alpha value is -2.39. The fourth-order valence-corrected chi connectivity index (χ4v) is 1.67. The minimum atomic E-state index is -0.523. The molecular weight excluding hydrogens is 226 g/mol. The van der Waals surface area contributed by atoms with E-state index in [1.165, 1.54) is 0 Å². The van der Waals surface area contributed by atoms with Crippen molar-refractivity contribution in [3.05, 3.63) is 71.8 Å². The minimum absolute atomic E-state index is 0.421. The summed E-state index contributed by atoms with van der Waals surface area (Å²) in [6, 6.07) is 18.7. The summed E-state index contributed by atoms with van der Waals surface area (Å²) >= 11 is 0. The van der Waals surface area contributed by atoms with Crippen molar-refractivity contribution in [3.8, 4) is 0 Å². The predicted molar refractivity (Wildman–Crippen MR) is 70.7 cm³/mol. The second kappa shape index (κ2) is 5.80. The molecule has 0 aliphatic carbocycles. The molecule has 3 heteroatoms. The molecule has 3 nitrogen and oxygen atoms in total. The molecule has 1 amide bonds. The van der Waals surface area contributed by atoms with Crippen LogP contribution in [0.3, 0.4) is 0 Å². The summed E-state index contributed by atoms with van der Waals surface area (Å²) in [5, 5.41) is 8.80. The zero-order valence-corrected chi connectivity index (χ0v) is 9.71. The SMILES string of the molecule is O=C(NO)C(=Cc1ccccc1)c1ccccc1. The maximum Gasteiger partial charge on any atom is 0.275 e. The zero-order chi connectivity index (χ0) is 12.8. The first-order valence-electron chi connectivity index (χ1n) is 5.58. The monoisotopic (exact) mass is 239 g/mol. The number of hydroxylamine groups is 1. The van der Waals surface area contributed by atoms with Gasteiger partial charge in [0.2, 0.25) is 0 Å². The molecule has 0 aromatic heterocycles. The van der Waals surface area contributed by atoms with Gasteiger partial charge in [0.25, 0.3) is 5.91 Å². The third-order valence-electron chi connectivity index (χ3n) is 2.54. The molecule has 18 heavy (non-hydrogen) atoms. The van der Waals surface area contributed by atoms with Gasteiger partial charge in [-0.3, -0.25) is 10.0 Å². The van der Waals surface area contributed by atoms with Crippen LogP contribution in [-0.2, 0) is 4.79 Å². The predicted octanol–water partition coefficient (Wildman–Crippen LogP) is 2.73. The Balaban J connectivity index is 2.44. The third kappa shape index (κ3) is 2.84. The lowest BCUT2D eigenvalue weighted by Gasteiger charge is -2.05. The molecule has 90 valence electrons. The number of carbonyl (C=O) groups is 1. The molecule has 2 N–H and O–H groups in total. The highest BCUT2D eigenvalue weighted by Crippen LogP contribution is 2.18. The van der Waals surface area contributed by atoms with Gasteiger partial charge in [-0.25, -0.2) is 5.48 Å². The minimum Gasteiger partial charge on any atom is -0.288 e. The van der Waals surface area contributed by atoms with E-state index < -0.39 is 5.91 Å². The normalized spacial score (nSPS) is 11.1. The summed E-state index contributed by atoms with van der Waals surface area (Å²) in [4.78, 5) is 11.7. The van der Waals surface area contributed by atoms with E-state index in [9.17, 15) is 4.79 Å². The molecule has 0 bridgehead atoms. The topological polar surface area (TPSA) is 49.3 Å². The van der Waals surface area contributed by atoms with E-state index >= 15 is 0 Å². The molecule has 0 saturated carbocycles. The van der Waals surface area contributed by atoms with Crippen LogP contribution < -0.4 is 5.48 Å². The average molecular weight is 239 g/mol. The number of nitrogens with one attached hydrogen (secondary N) is 1. The molecule has 2 aromatic carbocycles. The summed E-state index contributed by atoms with van der Waals surface area (Å²) in [5.74, 6) is -0.523. The third-order valence-corrected chi connectivity index (χ3v) is 2.54. The molecule has 0 spiro atoms. The highest BCUT2D eigenvalue weighted by Gasteiger charge is 2.10. The summed E-state index contributed by atoms with van der Waals surface area (Å²) in [6.45, 7) is 0. The quantitative estimate of drug-likeness (QED) is 0.374. The van der Waals surface area contributed by atoms with E-state index in [0.717, 1.165) is 11.1 Å². The van der Waals surface area contributed by atoms with Gasteiger partial charge >= 0.3 is 0 Å². The number of amides is 1. The Labute approximate surface area is 105 Å². The maximum absolute atomic E-state index is 11.7. The van der Waals surface area contributed by atoms with E-state index in [-0.39, 0.29) is 0 Å². The zero-order valence-electron chi connectivity index (χ0n) is 9.71. The smallest absolute Gasteiger partial charge is 0.275 e. The van der Waals surface area contributed by atoms with Gasteiger partial charge in [-0.2, -0.15) is 0 Å². The lowest BCUT2D eigenvalue weighted by molar-refractivity contribution is -0.123. The van der Waals surface area contributed by atoms with Crippen molar-refractivity contribution in [2.45, 2.75) is 0 Å². The van der Waals surface area contributed by atoms with Gasteiger partial charge in [0.1, 0.15) is 0 Å². The lowest BCUT2D eigenvalue weighted by Crippen LogP contribution is -2.19. The molecular formula is C15H13NO2. The Kier molecular flexibility index (Phi) is 3.89. The van der Waals surface area contributed by atoms with Crippen molar-refractivity contribution in [3.63, 3.8) is 0 Å². The molecule has 0 unspecified atom stereocenters. The van der Waals surface area contributed by atoms with E-state index in [4.69, 9.17) is 5.21 Å². The van der Waals surface area contributed by atoms with Gasteiger partial charge in [-0.1, -0.05) is 60.7 Å². The molecule has 0 heterocycles. The number of benzene rings is 2. The summed E-state index contributed by atoms with van der Waals surface area (Å²) < 4.78 is 0. The van der Waals surface area contributed by atoms with Crippen LogP contribution in [0, 0.1) is 0 Å². The highest BCUT2D eigenvalue weighted by atomic mass is 16.5. The van der Waals surface area contributed by atoms with E-state index in [2.05, 4.69) is 0 Å². The van der Waals surface area contributed by atoms with Gasteiger partial charge in [0.05, 0.1) is 0 Å². The van der Waals surface area contributed by atoms with Gasteiger partial charge in [-0.15, -0.1) is 0 Å². The standard InChI is InChI=1S/C15H13NO2/c17-15(16-18)14(13-9-5-2-6-10-13)11-12-7-3-1-4-8-12/h1-11,18H,(H,16,17). The Morgan fingerprint density at radius 3 is 2.06 bits per heavy atom. The van der Waals surface area contributed by atoms with Crippen LogP contribution in [0.2, 0.25) is 0 Å². The fraction of sp³-hybridized carbons (Fsp3) is 0. The number of carbonyl (C=O) groups excluding carboxylic acids is 1. The summed E-state index contributed by atoms with van der Waals surface area (Å²) in [6.07, 6.45) is 1.74. The van der Waals surface area contributed by atoms with E-state index in [1.54, 1.807) is 11.6 Å². The van der Waals surface area contributed by atoms with Crippen molar-refractivity contribution in [2.75, 3.05) is 0 Å². The molecule has 0 saturated heterocycles. The average Bonchev–Trinajstić information content (AvgIpc) is 2.46. The molecule has 0 atom stereocenters. The maximum atomic E-state index is 11.7. The van der Waals surface area contributed by atoms with Crippen molar-refractivity contribution in [1.29, 1.82) is 0 Å². The molecule has 2 aromatic rings. The number of rotatable bonds is 3. The fourth-order valence-electron chi connectivity index (χ4n) is 1.67. The summed E-state index contributed by atoms with van der Waals surface area (Å²) in [5.41, 5.74) is 3.76. The Bertz CT molecular complexity index is 547. The second-order valence-electron chi connectivity index (χ2n) is 3.78. The van der Waals surface area contributed by atoms with Gasteiger partial charge < -0.3 is 0 Å². The summed E-state index contributed by atoms with van der Waals surface area (Å²) in [7, 11) is 0. The Morgan fingerprint density at radius 1 is 0.944 bits per heavy atom. The van der Waals surface area contributed by atoms with Crippen LogP contribution in [-0.4, -0.2) is 11.1 Å². The van der Waals surface area contributed by atoms with Gasteiger partial charge in [-0.05, 0) is 17.2 Å². The van der Waals surface area contributed by atoms with Crippen molar-refractivity contribution >= 4 is 17.6 Å². The van der Waals surface area contributed by atoms with Crippen molar-refractivity contribution in [2.24, 2.45) is 0 Å². The number of hydrogen-bond donors (Lipinski definition) is 2. The molecule has 2 rings (SSSR count). The van der Waals surface area contributed by atoms with E-state index in [0.29, 0.717) is 5.57 Å². The van der Waals surface area contributed by atoms with Crippen molar-refractivity contribution < 1.29 is 10.0 Å². The molecule has 0 radical (unpaired) electrons. The van der Waals surface area contributed by atoms with Crippen LogP contribution in [0.1, 0.15) is 11.1 Å².